The van der Waals surface area contributed by atoms with Crippen LogP contribution in [0.3, 0.4) is 0 Å². The fourth-order valence-electron chi connectivity index (χ4n) is 3.40. The molecule has 0 saturated carbocycles. The van der Waals surface area contributed by atoms with Crippen molar-refractivity contribution in [3.63, 3.8) is 0 Å². The van der Waals surface area contributed by atoms with Gasteiger partial charge in [0.2, 0.25) is 0 Å². The molecule has 144 valence electrons. The number of aryl methyl sites for hydroxylation is 2. The molecule has 2 heterocycles. The van der Waals surface area contributed by atoms with Crippen LogP contribution in [0.1, 0.15) is 22.5 Å². The lowest BCUT2D eigenvalue weighted by Crippen LogP contribution is -2.46. The van der Waals surface area contributed by atoms with Gasteiger partial charge < -0.3 is 10.6 Å². The van der Waals surface area contributed by atoms with Gasteiger partial charge in [-0.05, 0) is 50.1 Å². The zero-order valence-corrected chi connectivity index (χ0v) is 17.3. The predicted octanol–water partition coefficient (Wildman–Crippen LogP) is 3.37. The third-order valence-corrected chi connectivity index (χ3v) is 4.67. The minimum absolute atomic E-state index is 0. The van der Waals surface area contributed by atoms with Gasteiger partial charge in [-0.15, -0.1) is 24.8 Å². The maximum Gasteiger partial charge on any atom is 0.0403 e. The standard InChI is InChI=1S/C20H28N4.2ClH/c1-16-13-20(14-17(2)22-16)24-11-9-23(10-12-24)15-19-5-3-18(4-6-19)7-8-21;;/h3-6,13-14H,7-12,15,21H2,1-2H3;2*1H. The van der Waals surface area contributed by atoms with Crippen LogP contribution in [-0.4, -0.2) is 42.6 Å². The molecule has 1 aromatic heterocycles. The van der Waals surface area contributed by atoms with Crippen molar-refractivity contribution in [1.82, 2.24) is 9.88 Å². The van der Waals surface area contributed by atoms with Gasteiger partial charge in [0.15, 0.2) is 0 Å². The van der Waals surface area contributed by atoms with Gasteiger partial charge in [-0.2, -0.15) is 0 Å². The zero-order chi connectivity index (χ0) is 16.9. The maximum absolute atomic E-state index is 5.61. The quantitative estimate of drug-likeness (QED) is 0.841. The smallest absolute Gasteiger partial charge is 0.0403 e. The van der Waals surface area contributed by atoms with Gasteiger partial charge in [0.05, 0.1) is 0 Å². The first kappa shape index (κ1) is 22.7. The van der Waals surface area contributed by atoms with E-state index in [1.54, 1.807) is 0 Å². The van der Waals surface area contributed by atoms with Gasteiger partial charge in [0, 0.05) is 49.8 Å². The molecule has 1 aromatic carbocycles. The highest BCUT2D eigenvalue weighted by molar-refractivity contribution is 5.85. The minimum Gasteiger partial charge on any atom is -0.369 e. The number of aromatic nitrogens is 1. The highest BCUT2D eigenvalue weighted by atomic mass is 35.5. The molecule has 26 heavy (non-hydrogen) atoms. The van der Waals surface area contributed by atoms with Crippen LogP contribution in [0.15, 0.2) is 36.4 Å². The first-order valence-corrected chi connectivity index (χ1v) is 8.84. The molecule has 2 N–H and O–H groups in total. The van der Waals surface area contributed by atoms with Crippen LogP contribution >= 0.6 is 24.8 Å². The van der Waals surface area contributed by atoms with E-state index in [4.69, 9.17) is 5.73 Å². The molecule has 0 bridgehead atoms. The third kappa shape index (κ3) is 6.13. The zero-order valence-electron chi connectivity index (χ0n) is 15.6. The van der Waals surface area contributed by atoms with Gasteiger partial charge in [0.25, 0.3) is 0 Å². The van der Waals surface area contributed by atoms with Crippen molar-refractivity contribution >= 4 is 30.5 Å². The molecule has 4 nitrogen and oxygen atoms in total. The summed E-state index contributed by atoms with van der Waals surface area (Å²) in [7, 11) is 0. The maximum atomic E-state index is 5.61. The number of piperazine rings is 1. The number of hydrogen-bond acceptors (Lipinski definition) is 4. The topological polar surface area (TPSA) is 45.4 Å². The van der Waals surface area contributed by atoms with E-state index in [2.05, 4.69) is 65.0 Å². The summed E-state index contributed by atoms with van der Waals surface area (Å²) < 4.78 is 0. The number of nitrogens with two attached hydrogens (primary N) is 1. The number of anilines is 1. The van der Waals surface area contributed by atoms with Crippen molar-refractivity contribution in [3.8, 4) is 0 Å². The molecule has 1 aliphatic heterocycles. The number of benzene rings is 1. The Balaban J connectivity index is 0.00000169. The van der Waals surface area contributed by atoms with Crippen molar-refractivity contribution in [3.05, 3.63) is 58.9 Å². The molecular weight excluding hydrogens is 367 g/mol. The molecule has 0 atom stereocenters. The highest BCUT2D eigenvalue weighted by Crippen LogP contribution is 2.19. The Bertz CT molecular complexity index is 648. The van der Waals surface area contributed by atoms with Crippen molar-refractivity contribution < 1.29 is 0 Å². The molecule has 1 fully saturated rings. The van der Waals surface area contributed by atoms with Gasteiger partial charge in [0.1, 0.15) is 0 Å². The number of hydrogen-bond donors (Lipinski definition) is 1. The van der Waals surface area contributed by atoms with Crippen LogP contribution < -0.4 is 10.6 Å². The molecule has 6 heteroatoms. The molecular formula is C20H30Cl2N4. The first-order valence-electron chi connectivity index (χ1n) is 8.84. The average Bonchev–Trinajstić information content (AvgIpc) is 2.57. The summed E-state index contributed by atoms with van der Waals surface area (Å²) in [6, 6.07) is 13.3. The lowest BCUT2D eigenvalue weighted by Gasteiger charge is -2.36. The Morgan fingerprint density at radius 2 is 1.42 bits per heavy atom. The van der Waals surface area contributed by atoms with Crippen molar-refractivity contribution in [2.45, 2.75) is 26.8 Å². The van der Waals surface area contributed by atoms with Gasteiger partial charge in [-0.25, -0.2) is 0 Å². The van der Waals surface area contributed by atoms with E-state index < -0.39 is 0 Å². The largest absolute Gasteiger partial charge is 0.369 e. The normalized spacial score (nSPS) is 14.5. The summed E-state index contributed by atoms with van der Waals surface area (Å²) in [6.45, 7) is 10.3. The molecule has 0 spiro atoms. The number of pyridine rings is 1. The van der Waals surface area contributed by atoms with E-state index in [1.165, 1.54) is 16.8 Å². The summed E-state index contributed by atoms with van der Waals surface area (Å²) in [6.07, 6.45) is 0.962. The highest BCUT2D eigenvalue weighted by Gasteiger charge is 2.17. The molecule has 0 radical (unpaired) electrons. The Kier molecular flexibility index (Phi) is 9.37. The molecule has 3 rings (SSSR count). The molecule has 0 unspecified atom stereocenters. The van der Waals surface area contributed by atoms with E-state index >= 15 is 0 Å². The van der Waals surface area contributed by atoms with Crippen LogP contribution in [0, 0.1) is 13.8 Å². The van der Waals surface area contributed by atoms with E-state index in [9.17, 15) is 0 Å². The molecule has 1 saturated heterocycles. The van der Waals surface area contributed by atoms with Crippen molar-refractivity contribution in [2.75, 3.05) is 37.6 Å². The number of halogens is 2. The first-order chi connectivity index (χ1) is 11.6. The summed E-state index contributed by atoms with van der Waals surface area (Å²) >= 11 is 0. The second-order valence-corrected chi connectivity index (χ2v) is 6.73. The number of nitrogens with zero attached hydrogens (tertiary/aromatic N) is 3. The fraction of sp³-hybridized carbons (Fsp3) is 0.450. The average molecular weight is 397 g/mol. The van der Waals surface area contributed by atoms with Crippen LogP contribution in [0.4, 0.5) is 5.69 Å². The Labute approximate surface area is 169 Å². The summed E-state index contributed by atoms with van der Waals surface area (Å²) in [4.78, 5) is 9.49. The van der Waals surface area contributed by atoms with Crippen LogP contribution in [0.2, 0.25) is 0 Å². The second-order valence-electron chi connectivity index (χ2n) is 6.73. The molecule has 1 aliphatic rings. The van der Waals surface area contributed by atoms with Crippen molar-refractivity contribution in [2.24, 2.45) is 5.73 Å². The monoisotopic (exact) mass is 396 g/mol. The second kappa shape index (κ2) is 10.7. The predicted molar refractivity (Wildman–Crippen MR) is 115 cm³/mol. The minimum atomic E-state index is 0. The van der Waals surface area contributed by atoms with Gasteiger partial charge in [-0.1, -0.05) is 24.3 Å². The fourth-order valence-corrected chi connectivity index (χ4v) is 3.40. The summed E-state index contributed by atoms with van der Waals surface area (Å²) in [5.41, 5.74) is 11.8. The van der Waals surface area contributed by atoms with Crippen LogP contribution in [0.5, 0.6) is 0 Å². The van der Waals surface area contributed by atoms with E-state index in [-0.39, 0.29) is 24.8 Å². The lowest BCUT2D eigenvalue weighted by molar-refractivity contribution is 0.250. The number of rotatable bonds is 5. The van der Waals surface area contributed by atoms with E-state index in [0.717, 1.165) is 57.1 Å². The molecule has 0 aliphatic carbocycles. The summed E-state index contributed by atoms with van der Waals surface area (Å²) in [5, 5.41) is 0. The molecule has 0 amide bonds. The Morgan fingerprint density at radius 3 is 1.96 bits per heavy atom. The Hall–Kier alpha value is -1.33. The SMILES string of the molecule is Cc1cc(N2CCN(Cc3ccc(CCN)cc3)CC2)cc(C)n1.Cl.Cl. The summed E-state index contributed by atoms with van der Waals surface area (Å²) in [5.74, 6) is 0. The van der Waals surface area contributed by atoms with E-state index in [0.29, 0.717) is 0 Å². The Morgan fingerprint density at radius 1 is 0.885 bits per heavy atom. The third-order valence-electron chi connectivity index (χ3n) is 4.67. The molecule has 2 aromatic rings. The van der Waals surface area contributed by atoms with Crippen LogP contribution in [0.25, 0.3) is 0 Å². The lowest BCUT2D eigenvalue weighted by atomic mass is 10.1. The van der Waals surface area contributed by atoms with Gasteiger partial charge in [-0.3, -0.25) is 9.88 Å². The van der Waals surface area contributed by atoms with Crippen LogP contribution in [-0.2, 0) is 13.0 Å². The van der Waals surface area contributed by atoms with E-state index in [1.807, 2.05) is 0 Å². The van der Waals surface area contributed by atoms with Gasteiger partial charge >= 0.3 is 0 Å². The van der Waals surface area contributed by atoms with Crippen molar-refractivity contribution in [1.29, 1.82) is 0 Å².